The molecule has 0 unspecified atom stereocenters. The minimum atomic E-state index is 0.997. The predicted molar refractivity (Wildman–Crippen MR) is 158 cm³/mol. The second-order valence-corrected chi connectivity index (χ2v) is 11.1. The van der Waals surface area contributed by atoms with Gasteiger partial charge in [-0.3, -0.25) is 0 Å². The van der Waals surface area contributed by atoms with Gasteiger partial charge in [-0.2, -0.15) is 0 Å². The van der Waals surface area contributed by atoms with Gasteiger partial charge in [0.2, 0.25) is 0 Å². The van der Waals surface area contributed by atoms with Gasteiger partial charge in [-0.25, -0.2) is 9.13 Å². The highest BCUT2D eigenvalue weighted by atomic mass is 15.1. The Hall–Kier alpha value is -1.57. The number of nitrogens with zero attached hydrogens (tertiary/aromatic N) is 2. The average Bonchev–Trinajstić information content (AvgIpc) is 3.27. The first-order valence-corrected chi connectivity index (χ1v) is 16.0. The molecule has 0 saturated heterocycles. The molecule has 0 bridgehead atoms. The van der Waals surface area contributed by atoms with Crippen molar-refractivity contribution in [3.8, 4) is 0 Å². The number of rotatable bonds is 24. The highest BCUT2D eigenvalue weighted by Crippen LogP contribution is 2.15. The first-order chi connectivity index (χ1) is 17.8. The number of imidazole rings is 1. The van der Waals surface area contributed by atoms with Crippen LogP contribution in [0.1, 0.15) is 154 Å². The second kappa shape index (κ2) is 21.5. The van der Waals surface area contributed by atoms with E-state index in [-0.39, 0.29) is 0 Å². The lowest BCUT2D eigenvalue weighted by Crippen LogP contribution is -2.37. The number of hydrogen-bond acceptors (Lipinski definition) is 0. The molecule has 0 aliphatic heterocycles. The number of hydrogen-bond donors (Lipinski definition) is 0. The molecule has 0 N–H and O–H groups in total. The maximum Gasteiger partial charge on any atom is 0.256 e. The molecule has 36 heavy (non-hydrogen) atoms. The third-order valence-electron chi connectivity index (χ3n) is 7.79. The summed E-state index contributed by atoms with van der Waals surface area (Å²) in [4.78, 5) is 0. The molecule has 0 saturated carbocycles. The molecule has 0 amide bonds. The molecule has 2 nitrogen and oxygen atoms in total. The van der Waals surface area contributed by atoms with Crippen LogP contribution in [0.25, 0.3) is 0 Å². The van der Waals surface area contributed by atoms with Crippen LogP contribution in [0.4, 0.5) is 0 Å². The topological polar surface area (TPSA) is 8.81 Å². The number of aryl methyl sites for hydroxylation is 1. The Labute approximate surface area is 224 Å². The molecule has 0 aliphatic carbocycles. The number of unbranched alkanes of at least 4 members (excludes halogenated alkanes) is 18. The monoisotopic (exact) mass is 495 g/mol. The Bertz CT molecular complexity index is 733. The zero-order chi connectivity index (χ0) is 25.5. The summed E-state index contributed by atoms with van der Waals surface area (Å²) in [6.07, 6.45) is 34.1. The molecule has 1 aromatic carbocycles. The molecule has 0 atom stereocenters. The Morgan fingerprint density at radius 3 is 1.56 bits per heavy atom. The van der Waals surface area contributed by atoms with Crippen molar-refractivity contribution < 1.29 is 4.57 Å². The molecule has 2 heteroatoms. The summed E-state index contributed by atoms with van der Waals surface area (Å²) < 4.78 is 5.05. The fourth-order valence-corrected chi connectivity index (χ4v) is 5.45. The smallest absolute Gasteiger partial charge is 0.234 e. The lowest BCUT2D eigenvalue weighted by molar-refractivity contribution is -0.704. The highest BCUT2D eigenvalue weighted by molar-refractivity contribution is 5.15. The van der Waals surface area contributed by atoms with E-state index in [1.165, 1.54) is 153 Å². The molecule has 2 rings (SSSR count). The van der Waals surface area contributed by atoms with E-state index in [9.17, 15) is 0 Å². The minimum absolute atomic E-state index is 0.997. The zero-order valence-corrected chi connectivity index (χ0v) is 24.2. The van der Waals surface area contributed by atoms with Gasteiger partial charge in [-0.05, 0) is 24.8 Å². The minimum Gasteiger partial charge on any atom is -0.234 e. The van der Waals surface area contributed by atoms with E-state index in [0.717, 1.165) is 6.54 Å². The molecule has 0 aliphatic rings. The fraction of sp³-hybridized carbons (Fsp3) is 0.735. The van der Waals surface area contributed by atoms with Gasteiger partial charge < -0.3 is 0 Å². The quantitative estimate of drug-likeness (QED) is 0.101. The molecule has 204 valence electrons. The SMILES string of the molecule is CCCCCCCCCCCCCCCCCCc1n(Cc2ccccc2)cc[n+]1CCCCCC. The van der Waals surface area contributed by atoms with Crippen LogP contribution in [-0.2, 0) is 19.5 Å². The first-order valence-electron chi connectivity index (χ1n) is 16.0. The maximum atomic E-state index is 2.55. The van der Waals surface area contributed by atoms with Crippen molar-refractivity contribution in [1.29, 1.82) is 0 Å². The number of aromatic nitrogens is 2. The van der Waals surface area contributed by atoms with Crippen molar-refractivity contribution in [2.45, 2.75) is 162 Å². The van der Waals surface area contributed by atoms with Crippen molar-refractivity contribution in [2.24, 2.45) is 0 Å². The Kier molecular flexibility index (Phi) is 18.3. The van der Waals surface area contributed by atoms with Crippen LogP contribution in [0, 0.1) is 0 Å². The summed E-state index contributed by atoms with van der Waals surface area (Å²) in [6, 6.07) is 10.9. The lowest BCUT2D eigenvalue weighted by Gasteiger charge is -2.07. The van der Waals surface area contributed by atoms with Gasteiger partial charge in [0.15, 0.2) is 0 Å². The van der Waals surface area contributed by atoms with E-state index in [1.54, 1.807) is 0 Å². The standard InChI is InChI=1S/C34H59N2/c1-3-5-7-9-10-11-12-13-14-15-16-17-18-19-20-24-28-34-35(29-25-8-6-4-2)30-31-36(34)32-33-26-22-21-23-27-33/h21-23,26-27,30-31H,3-20,24-25,28-29,32H2,1-2H3/q+1. The summed E-state index contributed by atoms with van der Waals surface area (Å²) in [5, 5.41) is 0. The summed E-state index contributed by atoms with van der Waals surface area (Å²) in [6.45, 7) is 6.77. The van der Waals surface area contributed by atoms with E-state index in [0.29, 0.717) is 0 Å². The van der Waals surface area contributed by atoms with Crippen LogP contribution >= 0.6 is 0 Å². The Morgan fingerprint density at radius 2 is 1.03 bits per heavy atom. The van der Waals surface area contributed by atoms with E-state index in [1.807, 2.05) is 0 Å². The van der Waals surface area contributed by atoms with Crippen LogP contribution in [0.3, 0.4) is 0 Å². The van der Waals surface area contributed by atoms with Crippen LogP contribution in [0.2, 0.25) is 0 Å². The second-order valence-electron chi connectivity index (χ2n) is 11.1. The van der Waals surface area contributed by atoms with Gasteiger partial charge >= 0.3 is 0 Å². The fourth-order valence-electron chi connectivity index (χ4n) is 5.45. The summed E-state index contributed by atoms with van der Waals surface area (Å²) in [5.41, 5.74) is 1.40. The molecule has 1 aromatic heterocycles. The highest BCUT2D eigenvalue weighted by Gasteiger charge is 2.17. The van der Waals surface area contributed by atoms with E-state index in [2.05, 4.69) is 65.7 Å². The molecule has 2 aromatic rings. The van der Waals surface area contributed by atoms with Gasteiger partial charge in [-0.15, -0.1) is 0 Å². The van der Waals surface area contributed by atoms with Crippen LogP contribution in [0.5, 0.6) is 0 Å². The van der Waals surface area contributed by atoms with Gasteiger partial charge in [-0.1, -0.05) is 153 Å². The Balaban J connectivity index is 1.57. The molecule has 0 fully saturated rings. The molecular weight excluding hydrogens is 436 g/mol. The third kappa shape index (κ3) is 14.2. The van der Waals surface area contributed by atoms with Gasteiger partial charge in [0.05, 0.1) is 6.54 Å². The van der Waals surface area contributed by atoms with Crippen molar-refractivity contribution >= 4 is 0 Å². The molecular formula is C34H59N2+. The van der Waals surface area contributed by atoms with Crippen molar-refractivity contribution in [1.82, 2.24) is 4.57 Å². The zero-order valence-electron chi connectivity index (χ0n) is 24.2. The molecule has 0 radical (unpaired) electrons. The van der Waals surface area contributed by atoms with Gasteiger partial charge in [0.25, 0.3) is 5.82 Å². The van der Waals surface area contributed by atoms with Crippen molar-refractivity contribution in [3.63, 3.8) is 0 Å². The molecule has 0 spiro atoms. The van der Waals surface area contributed by atoms with Crippen LogP contribution < -0.4 is 4.57 Å². The van der Waals surface area contributed by atoms with E-state index in [4.69, 9.17) is 0 Å². The largest absolute Gasteiger partial charge is 0.256 e. The van der Waals surface area contributed by atoms with Crippen molar-refractivity contribution in [2.75, 3.05) is 0 Å². The van der Waals surface area contributed by atoms with E-state index < -0.39 is 0 Å². The first kappa shape index (κ1) is 30.7. The lowest BCUT2D eigenvalue weighted by atomic mass is 10.0. The number of benzene rings is 1. The van der Waals surface area contributed by atoms with Gasteiger partial charge in [0, 0.05) is 6.42 Å². The van der Waals surface area contributed by atoms with Crippen LogP contribution in [0.15, 0.2) is 42.7 Å². The van der Waals surface area contributed by atoms with Gasteiger partial charge in [0.1, 0.15) is 18.9 Å². The summed E-state index contributed by atoms with van der Waals surface area (Å²) in [5.74, 6) is 1.53. The summed E-state index contributed by atoms with van der Waals surface area (Å²) >= 11 is 0. The van der Waals surface area contributed by atoms with Crippen LogP contribution in [-0.4, -0.2) is 4.57 Å². The third-order valence-corrected chi connectivity index (χ3v) is 7.79. The normalized spacial score (nSPS) is 11.4. The predicted octanol–water partition coefficient (Wildman–Crippen LogP) is 10.2. The average molecular weight is 496 g/mol. The van der Waals surface area contributed by atoms with Crippen molar-refractivity contribution in [3.05, 3.63) is 54.1 Å². The van der Waals surface area contributed by atoms with E-state index >= 15 is 0 Å². The Morgan fingerprint density at radius 1 is 0.556 bits per heavy atom. The maximum absolute atomic E-state index is 2.55. The summed E-state index contributed by atoms with van der Waals surface area (Å²) in [7, 11) is 0. The molecule has 1 heterocycles.